The molecule has 0 unspecified atom stereocenters. The normalized spacial score (nSPS) is 10.4. The summed E-state index contributed by atoms with van der Waals surface area (Å²) in [5.74, 6) is -0.666. The molecule has 0 bridgehead atoms. The summed E-state index contributed by atoms with van der Waals surface area (Å²) in [7, 11) is 0. The molecule has 0 spiro atoms. The second-order valence-corrected chi connectivity index (χ2v) is 6.90. The van der Waals surface area contributed by atoms with E-state index in [1.54, 1.807) is 24.3 Å². The second kappa shape index (κ2) is 9.11. The van der Waals surface area contributed by atoms with Gasteiger partial charge in [0.15, 0.2) is 5.69 Å². The quantitative estimate of drug-likeness (QED) is 0.416. The van der Waals surface area contributed by atoms with E-state index in [4.69, 9.17) is 0 Å². The van der Waals surface area contributed by atoms with Crippen LogP contribution in [0.1, 0.15) is 16.9 Å². The van der Waals surface area contributed by atoms with Gasteiger partial charge in [-0.3, -0.25) is 19.7 Å². The lowest BCUT2D eigenvalue weighted by atomic mass is 10.3. The number of non-ortho nitro benzene ring substituents is 1. The molecule has 2 amide bonds. The van der Waals surface area contributed by atoms with Gasteiger partial charge in [-0.1, -0.05) is 22.0 Å². The lowest BCUT2D eigenvalue weighted by molar-refractivity contribution is -0.384. The zero-order valence-corrected chi connectivity index (χ0v) is 16.6. The van der Waals surface area contributed by atoms with Gasteiger partial charge in [0, 0.05) is 41.5 Å². The molecule has 148 valence electrons. The van der Waals surface area contributed by atoms with E-state index in [-0.39, 0.29) is 30.3 Å². The van der Waals surface area contributed by atoms with Crippen molar-refractivity contribution in [2.75, 3.05) is 11.9 Å². The Bertz CT molecular complexity index is 1050. The summed E-state index contributed by atoms with van der Waals surface area (Å²) >= 11 is 3.32. The highest BCUT2D eigenvalue weighted by atomic mass is 79.9. The Hall–Kier alpha value is -3.53. The van der Waals surface area contributed by atoms with Crippen molar-refractivity contribution in [3.05, 3.63) is 81.1 Å². The maximum atomic E-state index is 12.2. The van der Waals surface area contributed by atoms with Crippen molar-refractivity contribution in [2.45, 2.75) is 6.42 Å². The number of nitro groups is 1. The number of amides is 2. The molecule has 9 nitrogen and oxygen atoms in total. The lowest BCUT2D eigenvalue weighted by Crippen LogP contribution is -2.28. The number of hydrogen-bond acceptors (Lipinski definition) is 5. The van der Waals surface area contributed by atoms with Gasteiger partial charge in [-0.25, -0.2) is 4.68 Å². The van der Waals surface area contributed by atoms with Crippen LogP contribution in [0.2, 0.25) is 0 Å². The fraction of sp³-hybridized carbons (Fsp3) is 0.105. The molecule has 0 aliphatic heterocycles. The van der Waals surface area contributed by atoms with Gasteiger partial charge in [-0.05, 0) is 36.4 Å². The number of carbonyl (C=O) groups excluding carboxylic acids is 2. The Morgan fingerprint density at radius 1 is 1.14 bits per heavy atom. The maximum Gasteiger partial charge on any atom is 0.271 e. The predicted octanol–water partition coefficient (Wildman–Crippen LogP) is 3.30. The number of nitro benzene ring substituents is 1. The van der Waals surface area contributed by atoms with E-state index >= 15 is 0 Å². The molecule has 2 N–H and O–H groups in total. The van der Waals surface area contributed by atoms with Gasteiger partial charge in [0.1, 0.15) is 0 Å². The molecule has 0 radical (unpaired) electrons. The third-order valence-electron chi connectivity index (χ3n) is 3.89. The maximum absolute atomic E-state index is 12.2. The first-order valence-corrected chi connectivity index (χ1v) is 9.36. The molecule has 3 aromatic rings. The average molecular weight is 458 g/mol. The van der Waals surface area contributed by atoms with Gasteiger partial charge in [-0.15, -0.1) is 0 Å². The Balaban J connectivity index is 1.52. The summed E-state index contributed by atoms with van der Waals surface area (Å²) in [4.78, 5) is 34.5. The number of nitrogens with one attached hydrogen (secondary N) is 2. The largest absolute Gasteiger partial charge is 0.350 e. The minimum absolute atomic E-state index is 0.0687. The lowest BCUT2D eigenvalue weighted by Gasteiger charge is -2.06. The molecule has 10 heteroatoms. The molecular weight excluding hydrogens is 442 g/mol. The van der Waals surface area contributed by atoms with Gasteiger partial charge in [0.2, 0.25) is 5.91 Å². The van der Waals surface area contributed by atoms with E-state index in [1.165, 1.54) is 29.1 Å². The van der Waals surface area contributed by atoms with Crippen molar-refractivity contribution in [1.29, 1.82) is 0 Å². The Labute approximate surface area is 174 Å². The molecule has 3 rings (SSSR count). The van der Waals surface area contributed by atoms with Gasteiger partial charge < -0.3 is 10.6 Å². The SMILES string of the molecule is O=C(CCNC(=O)c1ccn(-c2cccc([N+](=O)[O-])c2)n1)Nc1ccc(Br)cc1. The zero-order chi connectivity index (χ0) is 20.8. The Kier molecular flexibility index (Phi) is 6.35. The van der Waals surface area contributed by atoms with Gasteiger partial charge in [0.25, 0.3) is 11.6 Å². The molecule has 0 aliphatic carbocycles. The molecule has 1 heterocycles. The van der Waals surface area contributed by atoms with Crippen LogP contribution >= 0.6 is 15.9 Å². The van der Waals surface area contributed by atoms with Crippen molar-refractivity contribution in [1.82, 2.24) is 15.1 Å². The van der Waals surface area contributed by atoms with Crippen molar-refractivity contribution in [2.24, 2.45) is 0 Å². The number of hydrogen-bond donors (Lipinski definition) is 2. The molecule has 0 aliphatic rings. The number of nitrogens with zero attached hydrogens (tertiary/aromatic N) is 3. The minimum Gasteiger partial charge on any atom is -0.350 e. The van der Waals surface area contributed by atoms with Crippen LogP contribution in [-0.4, -0.2) is 33.1 Å². The number of anilines is 1. The van der Waals surface area contributed by atoms with E-state index in [0.29, 0.717) is 11.4 Å². The van der Waals surface area contributed by atoms with Crippen molar-refractivity contribution < 1.29 is 14.5 Å². The van der Waals surface area contributed by atoms with E-state index in [2.05, 4.69) is 31.7 Å². The second-order valence-electron chi connectivity index (χ2n) is 5.98. The summed E-state index contributed by atoms with van der Waals surface area (Å²) in [5.41, 5.74) is 1.21. The summed E-state index contributed by atoms with van der Waals surface area (Å²) in [6, 6.07) is 14.6. The van der Waals surface area contributed by atoms with Crippen LogP contribution in [0, 0.1) is 10.1 Å². The van der Waals surface area contributed by atoms with Crippen LogP contribution in [0.3, 0.4) is 0 Å². The van der Waals surface area contributed by atoms with Crippen LogP contribution in [0.5, 0.6) is 0 Å². The molecule has 29 heavy (non-hydrogen) atoms. The number of aromatic nitrogens is 2. The Morgan fingerprint density at radius 2 is 1.90 bits per heavy atom. The summed E-state index contributed by atoms with van der Waals surface area (Å²) in [5, 5.41) is 20.4. The molecular formula is C19H16BrN5O4. The molecule has 1 aromatic heterocycles. The van der Waals surface area contributed by atoms with Crippen LogP contribution in [0.4, 0.5) is 11.4 Å². The molecule has 0 fully saturated rings. The highest BCUT2D eigenvalue weighted by Gasteiger charge is 2.12. The monoisotopic (exact) mass is 457 g/mol. The van der Waals surface area contributed by atoms with Crippen LogP contribution in [-0.2, 0) is 4.79 Å². The topological polar surface area (TPSA) is 119 Å². The standard InChI is InChI=1S/C19H16BrN5O4/c20-13-4-6-14(7-5-13)22-18(26)8-10-21-19(27)17-9-11-24(23-17)15-2-1-3-16(12-15)25(28)29/h1-7,9,11-12H,8,10H2,(H,21,27)(H,22,26). The van der Waals surface area contributed by atoms with Gasteiger partial charge in [-0.2, -0.15) is 5.10 Å². The molecule has 0 saturated carbocycles. The summed E-state index contributed by atoms with van der Waals surface area (Å²) < 4.78 is 2.29. The fourth-order valence-electron chi connectivity index (χ4n) is 2.47. The molecule has 2 aromatic carbocycles. The van der Waals surface area contributed by atoms with Crippen molar-refractivity contribution >= 4 is 39.1 Å². The van der Waals surface area contributed by atoms with Gasteiger partial charge >= 0.3 is 0 Å². The van der Waals surface area contributed by atoms with E-state index in [1.807, 2.05) is 12.1 Å². The number of rotatable bonds is 7. The van der Waals surface area contributed by atoms with Crippen LogP contribution < -0.4 is 10.6 Å². The van der Waals surface area contributed by atoms with E-state index in [0.717, 1.165) is 4.47 Å². The highest BCUT2D eigenvalue weighted by molar-refractivity contribution is 9.10. The first kappa shape index (κ1) is 20.2. The number of benzene rings is 2. The van der Waals surface area contributed by atoms with Crippen molar-refractivity contribution in [3.8, 4) is 5.69 Å². The highest BCUT2D eigenvalue weighted by Crippen LogP contribution is 2.16. The summed E-state index contributed by atoms with van der Waals surface area (Å²) in [6.45, 7) is 0.144. The summed E-state index contributed by atoms with van der Waals surface area (Å²) in [6.07, 6.45) is 1.64. The van der Waals surface area contributed by atoms with Crippen LogP contribution in [0.25, 0.3) is 5.69 Å². The van der Waals surface area contributed by atoms with Crippen LogP contribution in [0.15, 0.2) is 65.3 Å². The third-order valence-corrected chi connectivity index (χ3v) is 4.42. The fourth-order valence-corrected chi connectivity index (χ4v) is 2.74. The average Bonchev–Trinajstić information content (AvgIpc) is 3.20. The van der Waals surface area contributed by atoms with E-state index in [9.17, 15) is 19.7 Å². The third kappa shape index (κ3) is 5.48. The minimum atomic E-state index is -0.500. The predicted molar refractivity (Wildman–Crippen MR) is 110 cm³/mol. The molecule has 0 saturated heterocycles. The first-order chi connectivity index (χ1) is 13.9. The number of halogens is 1. The van der Waals surface area contributed by atoms with E-state index < -0.39 is 10.8 Å². The smallest absolute Gasteiger partial charge is 0.271 e. The van der Waals surface area contributed by atoms with Gasteiger partial charge in [0.05, 0.1) is 10.6 Å². The Morgan fingerprint density at radius 3 is 2.62 bits per heavy atom. The first-order valence-electron chi connectivity index (χ1n) is 8.56. The number of carbonyl (C=O) groups is 2. The zero-order valence-electron chi connectivity index (χ0n) is 15.0. The molecule has 0 atom stereocenters. The van der Waals surface area contributed by atoms with Crippen molar-refractivity contribution in [3.63, 3.8) is 0 Å².